The maximum atomic E-state index is 5.01. The van der Waals surface area contributed by atoms with E-state index in [1.807, 2.05) is 24.3 Å². The number of hydrogen-bond donors (Lipinski definition) is 1. The second kappa shape index (κ2) is 6.47. The maximum absolute atomic E-state index is 5.01. The zero-order chi connectivity index (χ0) is 12.8. The SMILES string of the molecule is COc1ccc(CNCc2ccc(Br)cn2)cn1. The molecule has 0 bridgehead atoms. The zero-order valence-electron chi connectivity index (χ0n) is 10.1. The maximum Gasteiger partial charge on any atom is 0.212 e. The van der Waals surface area contributed by atoms with Gasteiger partial charge in [0.15, 0.2) is 0 Å². The summed E-state index contributed by atoms with van der Waals surface area (Å²) in [6, 6.07) is 7.82. The third kappa shape index (κ3) is 3.78. The lowest BCUT2D eigenvalue weighted by atomic mass is 10.3. The van der Waals surface area contributed by atoms with Crippen molar-refractivity contribution in [2.45, 2.75) is 13.1 Å². The van der Waals surface area contributed by atoms with Crippen molar-refractivity contribution in [2.75, 3.05) is 7.11 Å². The Labute approximate surface area is 115 Å². The van der Waals surface area contributed by atoms with E-state index in [4.69, 9.17) is 4.74 Å². The minimum Gasteiger partial charge on any atom is -0.481 e. The van der Waals surface area contributed by atoms with E-state index in [1.165, 1.54) is 0 Å². The van der Waals surface area contributed by atoms with Crippen LogP contribution in [-0.2, 0) is 13.1 Å². The van der Waals surface area contributed by atoms with Crippen LogP contribution in [0.2, 0.25) is 0 Å². The zero-order valence-corrected chi connectivity index (χ0v) is 11.6. The van der Waals surface area contributed by atoms with Crippen molar-refractivity contribution in [3.63, 3.8) is 0 Å². The fourth-order valence-corrected chi connectivity index (χ4v) is 1.72. The number of methoxy groups -OCH3 is 1. The third-order valence-electron chi connectivity index (χ3n) is 2.43. The fourth-order valence-electron chi connectivity index (χ4n) is 1.48. The second-order valence-corrected chi connectivity index (χ2v) is 4.70. The molecule has 0 aromatic carbocycles. The molecule has 1 N–H and O–H groups in total. The van der Waals surface area contributed by atoms with Crippen LogP contribution >= 0.6 is 15.9 Å². The smallest absolute Gasteiger partial charge is 0.212 e. The molecular weight excluding hydrogens is 294 g/mol. The molecule has 94 valence electrons. The predicted octanol–water partition coefficient (Wildman–Crippen LogP) is 2.54. The molecule has 0 aliphatic heterocycles. The van der Waals surface area contributed by atoms with E-state index in [-0.39, 0.29) is 0 Å². The molecule has 0 aliphatic rings. The van der Waals surface area contributed by atoms with E-state index in [2.05, 4.69) is 31.2 Å². The van der Waals surface area contributed by atoms with Crippen molar-refractivity contribution in [1.29, 1.82) is 0 Å². The topological polar surface area (TPSA) is 47.0 Å². The summed E-state index contributed by atoms with van der Waals surface area (Å²) in [5.41, 5.74) is 2.13. The molecule has 18 heavy (non-hydrogen) atoms. The Bertz CT molecular complexity index is 485. The highest BCUT2D eigenvalue weighted by Crippen LogP contribution is 2.08. The van der Waals surface area contributed by atoms with E-state index in [9.17, 15) is 0 Å². The Morgan fingerprint density at radius 1 is 1.11 bits per heavy atom. The summed E-state index contributed by atoms with van der Waals surface area (Å²) in [5, 5.41) is 3.32. The first kappa shape index (κ1) is 13.0. The molecule has 2 aromatic heterocycles. The molecule has 0 radical (unpaired) electrons. The Kier molecular flexibility index (Phi) is 4.66. The summed E-state index contributed by atoms with van der Waals surface area (Å²) in [6.45, 7) is 1.49. The van der Waals surface area contributed by atoms with Gasteiger partial charge in [0.05, 0.1) is 12.8 Å². The number of nitrogens with one attached hydrogen (secondary N) is 1. The van der Waals surface area contributed by atoms with Gasteiger partial charge in [0, 0.05) is 36.0 Å². The molecule has 2 heterocycles. The number of ether oxygens (including phenoxy) is 1. The van der Waals surface area contributed by atoms with Gasteiger partial charge in [0.1, 0.15) is 0 Å². The molecule has 0 spiro atoms. The summed E-state index contributed by atoms with van der Waals surface area (Å²) in [6.07, 6.45) is 3.60. The van der Waals surface area contributed by atoms with Crippen molar-refractivity contribution in [1.82, 2.24) is 15.3 Å². The largest absolute Gasteiger partial charge is 0.481 e. The number of aromatic nitrogens is 2. The first-order chi connectivity index (χ1) is 8.78. The Morgan fingerprint density at radius 3 is 2.61 bits per heavy atom. The van der Waals surface area contributed by atoms with Crippen molar-refractivity contribution in [2.24, 2.45) is 0 Å². The molecular formula is C13H14BrN3O. The van der Waals surface area contributed by atoms with Crippen molar-refractivity contribution >= 4 is 15.9 Å². The van der Waals surface area contributed by atoms with E-state index in [0.717, 1.165) is 28.8 Å². The second-order valence-electron chi connectivity index (χ2n) is 3.78. The lowest BCUT2D eigenvalue weighted by molar-refractivity contribution is 0.397. The highest BCUT2D eigenvalue weighted by Gasteiger charge is 1.97. The Hall–Kier alpha value is -1.46. The molecule has 0 saturated heterocycles. The highest BCUT2D eigenvalue weighted by molar-refractivity contribution is 9.10. The lowest BCUT2D eigenvalue weighted by Gasteiger charge is -2.05. The fraction of sp³-hybridized carbons (Fsp3) is 0.231. The predicted molar refractivity (Wildman–Crippen MR) is 73.3 cm³/mol. The molecule has 0 amide bonds. The van der Waals surface area contributed by atoms with E-state index in [1.54, 1.807) is 19.5 Å². The Balaban J connectivity index is 1.82. The van der Waals surface area contributed by atoms with Gasteiger partial charge in [0.25, 0.3) is 0 Å². The molecule has 2 aromatic rings. The van der Waals surface area contributed by atoms with Crippen LogP contribution in [0.5, 0.6) is 5.88 Å². The Morgan fingerprint density at radius 2 is 2.00 bits per heavy atom. The van der Waals surface area contributed by atoms with E-state index < -0.39 is 0 Å². The van der Waals surface area contributed by atoms with Crippen molar-refractivity contribution < 1.29 is 4.74 Å². The quantitative estimate of drug-likeness (QED) is 0.922. The standard InChI is InChI=1S/C13H14BrN3O/c1-18-13-5-2-10(7-17-13)6-15-9-12-4-3-11(14)8-16-12/h2-5,7-8,15H,6,9H2,1H3. The summed E-state index contributed by atoms with van der Waals surface area (Å²) in [5.74, 6) is 0.633. The number of halogens is 1. The van der Waals surface area contributed by atoms with Crippen LogP contribution in [-0.4, -0.2) is 17.1 Å². The van der Waals surface area contributed by atoms with Gasteiger partial charge in [-0.3, -0.25) is 4.98 Å². The van der Waals surface area contributed by atoms with Gasteiger partial charge in [0.2, 0.25) is 5.88 Å². The third-order valence-corrected chi connectivity index (χ3v) is 2.90. The number of nitrogens with zero attached hydrogens (tertiary/aromatic N) is 2. The van der Waals surface area contributed by atoms with Crippen LogP contribution < -0.4 is 10.1 Å². The van der Waals surface area contributed by atoms with E-state index >= 15 is 0 Å². The van der Waals surface area contributed by atoms with Gasteiger partial charge in [-0.2, -0.15) is 0 Å². The first-order valence-electron chi connectivity index (χ1n) is 5.58. The summed E-state index contributed by atoms with van der Waals surface area (Å²) < 4.78 is 6.00. The van der Waals surface area contributed by atoms with Crippen LogP contribution in [0.1, 0.15) is 11.3 Å². The first-order valence-corrected chi connectivity index (χ1v) is 6.37. The van der Waals surface area contributed by atoms with Crippen molar-refractivity contribution in [3.8, 4) is 5.88 Å². The summed E-state index contributed by atoms with van der Waals surface area (Å²) in [7, 11) is 1.61. The van der Waals surface area contributed by atoms with Gasteiger partial charge < -0.3 is 10.1 Å². The molecule has 0 saturated carbocycles. The van der Waals surface area contributed by atoms with Crippen LogP contribution in [0.25, 0.3) is 0 Å². The van der Waals surface area contributed by atoms with Crippen LogP contribution in [0, 0.1) is 0 Å². The number of pyridine rings is 2. The average Bonchev–Trinajstić information content (AvgIpc) is 2.42. The number of hydrogen-bond acceptors (Lipinski definition) is 4. The van der Waals surface area contributed by atoms with E-state index in [0.29, 0.717) is 5.88 Å². The monoisotopic (exact) mass is 307 g/mol. The molecule has 0 aliphatic carbocycles. The lowest BCUT2D eigenvalue weighted by Crippen LogP contribution is -2.13. The molecule has 0 fully saturated rings. The molecule has 4 nitrogen and oxygen atoms in total. The van der Waals surface area contributed by atoms with Gasteiger partial charge in [-0.25, -0.2) is 4.98 Å². The normalized spacial score (nSPS) is 10.3. The minimum absolute atomic E-state index is 0.633. The number of rotatable bonds is 5. The van der Waals surface area contributed by atoms with Gasteiger partial charge >= 0.3 is 0 Å². The van der Waals surface area contributed by atoms with Gasteiger partial charge in [-0.15, -0.1) is 0 Å². The van der Waals surface area contributed by atoms with Crippen LogP contribution in [0.4, 0.5) is 0 Å². The minimum atomic E-state index is 0.633. The molecule has 2 rings (SSSR count). The molecule has 0 atom stereocenters. The van der Waals surface area contributed by atoms with Crippen LogP contribution in [0.3, 0.4) is 0 Å². The van der Waals surface area contributed by atoms with Crippen LogP contribution in [0.15, 0.2) is 41.1 Å². The molecule has 0 unspecified atom stereocenters. The molecule has 5 heteroatoms. The highest BCUT2D eigenvalue weighted by atomic mass is 79.9. The van der Waals surface area contributed by atoms with Crippen molar-refractivity contribution in [3.05, 3.63) is 52.4 Å². The van der Waals surface area contributed by atoms with Gasteiger partial charge in [-0.1, -0.05) is 6.07 Å². The summed E-state index contributed by atoms with van der Waals surface area (Å²) in [4.78, 5) is 8.44. The average molecular weight is 308 g/mol. The summed E-state index contributed by atoms with van der Waals surface area (Å²) >= 11 is 3.36. The van der Waals surface area contributed by atoms with Gasteiger partial charge in [-0.05, 0) is 33.6 Å².